The number of aromatic nitrogens is 2. The molecule has 1 fully saturated rings. The molecule has 5 heteroatoms. The van der Waals surface area contributed by atoms with Crippen LogP contribution >= 0.6 is 0 Å². The van der Waals surface area contributed by atoms with E-state index in [-0.39, 0.29) is 0 Å². The highest BCUT2D eigenvalue weighted by Gasteiger charge is 2.39. The van der Waals surface area contributed by atoms with Crippen LogP contribution in [0.15, 0.2) is 67.3 Å². The van der Waals surface area contributed by atoms with Gasteiger partial charge in [0, 0.05) is 18.0 Å². The molecule has 3 aromatic rings. The molecule has 5 nitrogen and oxygen atoms in total. The Morgan fingerprint density at radius 2 is 1.64 bits per heavy atom. The summed E-state index contributed by atoms with van der Waals surface area (Å²) in [5.74, 6) is 0.103. The lowest BCUT2D eigenvalue weighted by Gasteiger charge is -2.28. The normalized spacial score (nSPS) is 16.0. The molecule has 0 N–H and O–H groups in total. The molecule has 1 aliphatic rings. The molecule has 0 atom stereocenters. The fourth-order valence-electron chi connectivity index (χ4n) is 3.12. The molecule has 0 aliphatic carbocycles. The lowest BCUT2D eigenvalue weighted by Crippen LogP contribution is -2.32. The van der Waals surface area contributed by atoms with Crippen LogP contribution in [0.5, 0.6) is 5.75 Å². The summed E-state index contributed by atoms with van der Waals surface area (Å²) in [6.45, 7) is 1.76. The van der Waals surface area contributed by atoms with E-state index in [0.29, 0.717) is 19.8 Å². The van der Waals surface area contributed by atoms with Gasteiger partial charge in [0.1, 0.15) is 5.75 Å². The van der Waals surface area contributed by atoms with Crippen LogP contribution < -0.4 is 4.74 Å². The van der Waals surface area contributed by atoms with Gasteiger partial charge in [-0.15, -0.1) is 0 Å². The first-order valence-electron chi connectivity index (χ1n) is 8.28. The van der Waals surface area contributed by atoms with Crippen molar-refractivity contribution in [2.75, 3.05) is 20.3 Å². The van der Waals surface area contributed by atoms with Crippen LogP contribution in [0, 0.1) is 0 Å². The van der Waals surface area contributed by atoms with Crippen LogP contribution in [-0.4, -0.2) is 29.9 Å². The van der Waals surface area contributed by atoms with Gasteiger partial charge in [-0.25, -0.2) is 4.98 Å². The first-order valence-corrected chi connectivity index (χ1v) is 8.28. The van der Waals surface area contributed by atoms with Gasteiger partial charge in [0.2, 0.25) is 5.79 Å². The zero-order valence-corrected chi connectivity index (χ0v) is 14.1. The summed E-state index contributed by atoms with van der Waals surface area (Å²) in [7, 11) is 1.67. The molecule has 1 aliphatic heterocycles. The average molecular weight is 336 g/mol. The lowest BCUT2D eigenvalue weighted by molar-refractivity contribution is -0.176. The second-order valence-corrected chi connectivity index (χ2v) is 5.99. The van der Waals surface area contributed by atoms with Crippen molar-refractivity contribution in [2.45, 2.75) is 12.3 Å². The number of imidazole rings is 1. The summed E-state index contributed by atoms with van der Waals surface area (Å²) in [5, 5.41) is 0. The summed E-state index contributed by atoms with van der Waals surface area (Å²) in [6, 6.07) is 16.4. The van der Waals surface area contributed by atoms with Crippen molar-refractivity contribution in [3.05, 3.63) is 72.8 Å². The van der Waals surface area contributed by atoms with Crippen molar-refractivity contribution in [2.24, 2.45) is 0 Å². The molecule has 0 radical (unpaired) electrons. The Kier molecular flexibility index (Phi) is 4.26. The Bertz CT molecular complexity index is 805. The van der Waals surface area contributed by atoms with E-state index in [9.17, 15) is 0 Å². The molecular formula is C20H20N2O3. The SMILES string of the molecule is COc1ccc(-c2ccc(C3(Cn4ccnc4)OCCO3)cc2)cc1. The molecule has 0 amide bonds. The summed E-state index contributed by atoms with van der Waals surface area (Å²) in [4.78, 5) is 4.10. The topological polar surface area (TPSA) is 45.5 Å². The van der Waals surface area contributed by atoms with Crippen molar-refractivity contribution in [3.8, 4) is 16.9 Å². The first kappa shape index (κ1) is 15.9. The molecule has 4 rings (SSSR count). The standard InChI is InChI=1S/C20H20N2O3/c1-23-19-8-4-17(5-9-19)16-2-6-18(7-3-16)20(24-12-13-25-20)14-22-11-10-21-15-22/h2-11,15H,12-14H2,1H3. The van der Waals surface area contributed by atoms with Gasteiger partial charge in [0.25, 0.3) is 0 Å². The third-order valence-corrected chi connectivity index (χ3v) is 4.45. The Balaban J connectivity index is 1.61. The molecule has 1 aromatic heterocycles. The zero-order chi connectivity index (χ0) is 17.1. The molecule has 2 heterocycles. The number of benzene rings is 2. The van der Waals surface area contributed by atoms with Crippen LogP contribution in [-0.2, 0) is 21.8 Å². The van der Waals surface area contributed by atoms with Gasteiger partial charge in [-0.05, 0) is 23.3 Å². The van der Waals surface area contributed by atoms with E-state index in [1.807, 2.05) is 22.9 Å². The van der Waals surface area contributed by atoms with Crippen LogP contribution in [0.3, 0.4) is 0 Å². The van der Waals surface area contributed by atoms with Crippen molar-refractivity contribution in [1.82, 2.24) is 9.55 Å². The molecule has 0 bridgehead atoms. The Labute approximate surface area is 146 Å². The van der Waals surface area contributed by atoms with Gasteiger partial charge in [-0.2, -0.15) is 0 Å². The Morgan fingerprint density at radius 1 is 1.00 bits per heavy atom. The number of ether oxygens (including phenoxy) is 3. The van der Waals surface area contributed by atoms with Crippen molar-refractivity contribution in [1.29, 1.82) is 0 Å². The fraction of sp³-hybridized carbons (Fsp3) is 0.250. The molecule has 0 unspecified atom stereocenters. The number of hydrogen-bond donors (Lipinski definition) is 0. The summed E-state index contributed by atoms with van der Waals surface area (Å²) < 4.78 is 19.2. The van der Waals surface area contributed by atoms with E-state index in [2.05, 4.69) is 41.4 Å². The van der Waals surface area contributed by atoms with Crippen LogP contribution in [0.1, 0.15) is 5.56 Å². The number of hydrogen-bond acceptors (Lipinski definition) is 4. The second-order valence-electron chi connectivity index (χ2n) is 5.99. The smallest absolute Gasteiger partial charge is 0.213 e. The molecule has 0 saturated carbocycles. The molecule has 128 valence electrons. The van der Waals surface area contributed by atoms with E-state index in [0.717, 1.165) is 22.4 Å². The maximum atomic E-state index is 5.99. The average Bonchev–Trinajstić information content (AvgIpc) is 3.35. The quantitative estimate of drug-likeness (QED) is 0.716. The molecule has 2 aromatic carbocycles. The van der Waals surface area contributed by atoms with Crippen molar-refractivity contribution in [3.63, 3.8) is 0 Å². The van der Waals surface area contributed by atoms with Gasteiger partial charge in [-0.3, -0.25) is 0 Å². The molecular weight excluding hydrogens is 316 g/mol. The van der Waals surface area contributed by atoms with E-state index in [1.165, 1.54) is 0 Å². The third-order valence-electron chi connectivity index (χ3n) is 4.45. The highest BCUT2D eigenvalue weighted by atomic mass is 16.7. The summed E-state index contributed by atoms with van der Waals surface area (Å²) in [5.41, 5.74) is 3.29. The Hall–Kier alpha value is -2.63. The number of rotatable bonds is 5. The van der Waals surface area contributed by atoms with Crippen LogP contribution in [0.2, 0.25) is 0 Å². The minimum atomic E-state index is -0.751. The van der Waals surface area contributed by atoms with E-state index < -0.39 is 5.79 Å². The van der Waals surface area contributed by atoms with Gasteiger partial charge in [0.15, 0.2) is 0 Å². The lowest BCUT2D eigenvalue weighted by atomic mass is 10.00. The minimum absolute atomic E-state index is 0.578. The van der Waals surface area contributed by atoms with E-state index in [1.54, 1.807) is 19.6 Å². The van der Waals surface area contributed by atoms with E-state index in [4.69, 9.17) is 14.2 Å². The van der Waals surface area contributed by atoms with Gasteiger partial charge < -0.3 is 18.8 Å². The molecule has 0 spiro atoms. The number of methoxy groups -OCH3 is 1. The van der Waals surface area contributed by atoms with Gasteiger partial charge in [0.05, 0.1) is 33.2 Å². The first-order chi connectivity index (χ1) is 12.3. The molecule has 25 heavy (non-hydrogen) atoms. The predicted octanol–water partition coefficient (Wildman–Crippen LogP) is 3.46. The van der Waals surface area contributed by atoms with Crippen LogP contribution in [0.25, 0.3) is 11.1 Å². The van der Waals surface area contributed by atoms with Gasteiger partial charge >= 0.3 is 0 Å². The fourth-order valence-corrected chi connectivity index (χ4v) is 3.12. The molecule has 1 saturated heterocycles. The van der Waals surface area contributed by atoms with Crippen LogP contribution in [0.4, 0.5) is 0 Å². The predicted molar refractivity (Wildman–Crippen MR) is 94.2 cm³/mol. The summed E-state index contributed by atoms with van der Waals surface area (Å²) in [6.07, 6.45) is 5.45. The highest BCUT2D eigenvalue weighted by molar-refractivity contribution is 5.64. The van der Waals surface area contributed by atoms with Crippen molar-refractivity contribution < 1.29 is 14.2 Å². The summed E-state index contributed by atoms with van der Waals surface area (Å²) >= 11 is 0. The maximum Gasteiger partial charge on any atom is 0.213 e. The number of nitrogens with zero attached hydrogens (tertiary/aromatic N) is 2. The second kappa shape index (κ2) is 6.70. The van der Waals surface area contributed by atoms with Gasteiger partial charge in [-0.1, -0.05) is 36.4 Å². The largest absolute Gasteiger partial charge is 0.497 e. The third kappa shape index (κ3) is 3.16. The Morgan fingerprint density at radius 3 is 2.20 bits per heavy atom. The minimum Gasteiger partial charge on any atom is -0.497 e. The van der Waals surface area contributed by atoms with Crippen molar-refractivity contribution >= 4 is 0 Å². The van der Waals surface area contributed by atoms with E-state index >= 15 is 0 Å². The highest BCUT2D eigenvalue weighted by Crippen LogP contribution is 2.34. The zero-order valence-electron chi connectivity index (χ0n) is 14.1. The monoisotopic (exact) mass is 336 g/mol. The maximum absolute atomic E-state index is 5.99.